The van der Waals surface area contributed by atoms with Crippen molar-refractivity contribution in [3.05, 3.63) is 35.9 Å². The van der Waals surface area contributed by atoms with E-state index in [-0.39, 0.29) is 19.3 Å². The summed E-state index contributed by atoms with van der Waals surface area (Å²) in [6.07, 6.45) is -2.72. The van der Waals surface area contributed by atoms with Gasteiger partial charge in [0.2, 0.25) is 11.8 Å². The number of aliphatic hydroxyl groups excluding tert-OH is 1. The van der Waals surface area contributed by atoms with Gasteiger partial charge in [-0.3, -0.25) is 10.0 Å². The summed E-state index contributed by atoms with van der Waals surface area (Å²) in [5.74, 6) is -5.03. The van der Waals surface area contributed by atoms with Crippen LogP contribution in [-0.2, 0) is 11.2 Å². The number of amides is 1. The van der Waals surface area contributed by atoms with Crippen molar-refractivity contribution in [3.8, 4) is 0 Å². The molecule has 0 bridgehead atoms. The third-order valence-electron chi connectivity index (χ3n) is 5.21. The molecule has 6 N–H and O–H groups in total. The van der Waals surface area contributed by atoms with Crippen molar-refractivity contribution < 1.29 is 29.0 Å². The molecule has 1 fully saturated rings. The number of rotatable bonds is 7. The number of nitrogens with one attached hydrogen (secondary N) is 1. The van der Waals surface area contributed by atoms with Crippen LogP contribution in [0, 0.1) is 5.92 Å². The summed E-state index contributed by atoms with van der Waals surface area (Å²) in [5, 5.41) is 30.1. The fraction of sp³-hybridized carbons (Fsp3) is 0.611. The summed E-state index contributed by atoms with van der Waals surface area (Å²) in [5.41, 5.74) is 6.65. The predicted molar refractivity (Wildman–Crippen MR) is 90.5 cm³/mol. The van der Waals surface area contributed by atoms with Crippen LogP contribution in [0.5, 0.6) is 0 Å². The first-order valence-electron chi connectivity index (χ1n) is 8.68. The molecule has 1 aliphatic carbocycles. The van der Waals surface area contributed by atoms with Crippen molar-refractivity contribution in [3.63, 3.8) is 0 Å². The average Bonchev–Trinajstić information content (AvgIpc) is 2.62. The van der Waals surface area contributed by atoms with Crippen molar-refractivity contribution in [2.24, 2.45) is 11.7 Å². The van der Waals surface area contributed by atoms with Gasteiger partial charge in [0.1, 0.15) is 0 Å². The first-order chi connectivity index (χ1) is 12.2. The Morgan fingerprint density at radius 3 is 2.31 bits per heavy atom. The van der Waals surface area contributed by atoms with Gasteiger partial charge in [-0.1, -0.05) is 30.3 Å². The first-order valence-corrected chi connectivity index (χ1v) is 8.68. The Balaban J connectivity index is 2.06. The lowest BCUT2D eigenvalue weighted by atomic mass is 9.71. The monoisotopic (exact) mass is 372 g/mol. The van der Waals surface area contributed by atoms with Crippen LogP contribution >= 0.6 is 0 Å². The maximum absolute atomic E-state index is 13.4. The van der Waals surface area contributed by atoms with Gasteiger partial charge >= 0.3 is 0 Å². The lowest BCUT2D eigenvalue weighted by molar-refractivity contribution is -0.161. The van der Waals surface area contributed by atoms with Gasteiger partial charge in [0.15, 0.2) is 0 Å². The number of carbonyl (C=O) groups excluding carboxylic acids is 1. The minimum Gasteiger partial charge on any atom is -0.391 e. The van der Waals surface area contributed by atoms with Crippen LogP contribution in [0.4, 0.5) is 8.78 Å². The van der Waals surface area contributed by atoms with Gasteiger partial charge in [0.25, 0.3) is 0 Å². The Kier molecular flexibility index (Phi) is 6.68. The van der Waals surface area contributed by atoms with E-state index in [1.807, 2.05) is 30.3 Å². The molecule has 26 heavy (non-hydrogen) atoms. The van der Waals surface area contributed by atoms with E-state index in [4.69, 9.17) is 10.9 Å². The SMILES string of the molecule is N[C@@H](Cc1ccccc1)[C@@H](O)C[C@H](C(=O)NO)C1(O)CCC(F)(F)CC1. The molecule has 1 saturated carbocycles. The molecule has 0 unspecified atom stereocenters. The summed E-state index contributed by atoms with van der Waals surface area (Å²) in [6.45, 7) is 0. The zero-order valence-electron chi connectivity index (χ0n) is 14.4. The lowest BCUT2D eigenvalue weighted by Crippen LogP contribution is -2.52. The van der Waals surface area contributed by atoms with Crippen LogP contribution in [-0.4, -0.2) is 45.0 Å². The van der Waals surface area contributed by atoms with Crippen molar-refractivity contribution in [1.29, 1.82) is 0 Å². The Hall–Kier alpha value is -1.61. The van der Waals surface area contributed by atoms with Gasteiger partial charge in [0.05, 0.1) is 17.6 Å². The molecule has 6 nitrogen and oxygen atoms in total. The molecule has 0 aliphatic heterocycles. The van der Waals surface area contributed by atoms with Gasteiger partial charge in [0, 0.05) is 18.9 Å². The van der Waals surface area contributed by atoms with Crippen LogP contribution in [0.2, 0.25) is 0 Å². The minimum absolute atomic E-state index is 0.234. The summed E-state index contributed by atoms with van der Waals surface area (Å²) in [6, 6.07) is 8.51. The summed E-state index contributed by atoms with van der Waals surface area (Å²) in [7, 11) is 0. The molecule has 1 aliphatic rings. The van der Waals surface area contributed by atoms with E-state index in [1.54, 1.807) is 0 Å². The molecule has 0 radical (unpaired) electrons. The van der Waals surface area contributed by atoms with E-state index < -0.39 is 48.3 Å². The molecular formula is C18H26F2N2O4. The minimum atomic E-state index is -2.88. The Morgan fingerprint density at radius 1 is 1.19 bits per heavy atom. The summed E-state index contributed by atoms with van der Waals surface area (Å²) in [4.78, 5) is 12.0. The normalized spacial score (nSPS) is 22.2. The number of nitrogens with two attached hydrogens (primary N) is 1. The molecule has 0 spiro atoms. The highest BCUT2D eigenvalue weighted by atomic mass is 19.3. The second-order valence-corrected chi connectivity index (χ2v) is 7.14. The fourth-order valence-corrected chi connectivity index (χ4v) is 3.48. The zero-order valence-corrected chi connectivity index (χ0v) is 14.4. The van der Waals surface area contributed by atoms with Gasteiger partial charge in [-0.15, -0.1) is 0 Å². The van der Waals surface area contributed by atoms with Crippen molar-refractivity contribution >= 4 is 5.91 Å². The largest absolute Gasteiger partial charge is 0.391 e. The highest BCUT2D eigenvalue weighted by Crippen LogP contribution is 2.43. The van der Waals surface area contributed by atoms with Gasteiger partial charge in [-0.25, -0.2) is 14.3 Å². The molecule has 1 aromatic carbocycles. The fourth-order valence-electron chi connectivity index (χ4n) is 3.48. The average molecular weight is 372 g/mol. The number of carbonyl (C=O) groups is 1. The number of halogens is 2. The smallest absolute Gasteiger partial charge is 0.249 e. The lowest BCUT2D eigenvalue weighted by Gasteiger charge is -2.41. The van der Waals surface area contributed by atoms with Crippen LogP contribution < -0.4 is 11.2 Å². The van der Waals surface area contributed by atoms with Crippen LogP contribution in [0.25, 0.3) is 0 Å². The number of aliphatic hydroxyl groups is 2. The van der Waals surface area contributed by atoms with E-state index in [0.717, 1.165) is 5.56 Å². The quantitative estimate of drug-likeness (QED) is 0.366. The van der Waals surface area contributed by atoms with Crippen molar-refractivity contribution in [2.75, 3.05) is 0 Å². The summed E-state index contributed by atoms with van der Waals surface area (Å²) < 4.78 is 26.8. The Labute approximate surface area is 151 Å². The molecule has 2 rings (SSSR count). The maximum Gasteiger partial charge on any atom is 0.249 e. The van der Waals surface area contributed by atoms with E-state index in [2.05, 4.69) is 0 Å². The van der Waals surface area contributed by atoms with E-state index >= 15 is 0 Å². The van der Waals surface area contributed by atoms with Crippen LogP contribution in [0.15, 0.2) is 30.3 Å². The molecule has 0 heterocycles. The van der Waals surface area contributed by atoms with E-state index in [0.29, 0.717) is 6.42 Å². The molecule has 3 atom stereocenters. The predicted octanol–water partition coefficient (Wildman–Crippen LogP) is 1.37. The van der Waals surface area contributed by atoms with Gasteiger partial charge in [-0.05, 0) is 31.2 Å². The van der Waals surface area contributed by atoms with Crippen LogP contribution in [0.3, 0.4) is 0 Å². The number of benzene rings is 1. The highest BCUT2D eigenvalue weighted by Gasteiger charge is 2.49. The number of hydrogen-bond donors (Lipinski definition) is 5. The van der Waals surface area contributed by atoms with E-state index in [9.17, 15) is 23.8 Å². The topological polar surface area (TPSA) is 116 Å². The second kappa shape index (κ2) is 8.39. The molecule has 0 saturated heterocycles. The first kappa shape index (κ1) is 20.7. The van der Waals surface area contributed by atoms with Gasteiger partial charge in [-0.2, -0.15) is 0 Å². The molecule has 146 valence electrons. The third kappa shape index (κ3) is 5.20. The van der Waals surface area contributed by atoms with E-state index in [1.165, 1.54) is 5.48 Å². The zero-order chi connectivity index (χ0) is 19.4. The second-order valence-electron chi connectivity index (χ2n) is 7.14. The Bertz CT molecular complexity index is 590. The molecule has 0 aromatic heterocycles. The number of hydrogen-bond acceptors (Lipinski definition) is 5. The molecule has 1 aromatic rings. The van der Waals surface area contributed by atoms with Crippen LogP contribution in [0.1, 0.15) is 37.7 Å². The van der Waals surface area contributed by atoms with Crippen molar-refractivity contribution in [1.82, 2.24) is 5.48 Å². The standard InChI is InChI=1S/C18H26F2N2O4/c19-18(20)8-6-17(25,7-9-18)13(16(24)22-26)11-15(23)14(21)10-12-4-2-1-3-5-12/h1-5,13-15,23,25-26H,6-11,21H2,(H,22,24)/t13-,14+,15+/m1/s1. The maximum atomic E-state index is 13.4. The molecule has 1 amide bonds. The van der Waals surface area contributed by atoms with Crippen molar-refractivity contribution in [2.45, 2.75) is 62.2 Å². The number of alkyl halides is 2. The Morgan fingerprint density at radius 2 is 1.77 bits per heavy atom. The van der Waals surface area contributed by atoms with Gasteiger partial charge < -0.3 is 15.9 Å². The summed E-state index contributed by atoms with van der Waals surface area (Å²) >= 11 is 0. The number of hydroxylamine groups is 1. The highest BCUT2D eigenvalue weighted by molar-refractivity contribution is 5.78. The molecule has 8 heteroatoms. The third-order valence-corrected chi connectivity index (χ3v) is 5.21. The molecular weight excluding hydrogens is 346 g/mol.